The zero-order valence-corrected chi connectivity index (χ0v) is 18.3. The number of fused-ring (bicyclic) bond motifs is 1. The van der Waals surface area contributed by atoms with Crippen molar-refractivity contribution in [1.82, 2.24) is 14.8 Å². The molecule has 4 rings (SSSR count). The molecule has 1 aromatic heterocycles. The molecule has 1 amide bonds. The van der Waals surface area contributed by atoms with Crippen molar-refractivity contribution in [3.63, 3.8) is 0 Å². The Morgan fingerprint density at radius 2 is 1.73 bits per heavy atom. The first-order valence-electron chi connectivity index (χ1n) is 10.9. The van der Waals surface area contributed by atoms with Gasteiger partial charge < -0.3 is 14.8 Å². The quantitative estimate of drug-likeness (QED) is 0.431. The molecule has 0 spiro atoms. The minimum Gasteiger partial charge on any atom is -0.361 e. The third-order valence-corrected chi connectivity index (χ3v) is 6.32. The number of rotatable bonds is 7. The molecule has 2 heterocycles. The second-order valence-electron chi connectivity index (χ2n) is 8.15. The number of aromatic nitrogens is 1. The third kappa shape index (κ3) is 4.70. The number of nitro benzene ring substituents is 2. The lowest BCUT2D eigenvalue weighted by atomic mass is 9.87. The van der Waals surface area contributed by atoms with Crippen molar-refractivity contribution in [3.05, 3.63) is 80.0 Å². The van der Waals surface area contributed by atoms with E-state index in [4.69, 9.17) is 0 Å². The standard InChI is InChI=1S/C23H25N5O5/c1-2-25-8-10-26(11-9-25)23(29)14-19(16-4-3-5-17(12-16)27(30)31)21-15-24-22-7-6-18(28(32)33)13-20(21)22/h3-7,12-13,15,19,24H,2,8-11,14H2,1H3/t19-/m1/s1. The van der Waals surface area contributed by atoms with Crippen LogP contribution in [0.3, 0.4) is 0 Å². The summed E-state index contributed by atoms with van der Waals surface area (Å²) in [6, 6.07) is 10.8. The van der Waals surface area contributed by atoms with Gasteiger partial charge >= 0.3 is 0 Å². The Hall–Kier alpha value is -3.79. The summed E-state index contributed by atoms with van der Waals surface area (Å²) in [4.78, 5) is 42.3. The van der Waals surface area contributed by atoms with Crippen molar-refractivity contribution in [1.29, 1.82) is 0 Å². The molecule has 3 aromatic rings. The first-order valence-corrected chi connectivity index (χ1v) is 10.9. The lowest BCUT2D eigenvalue weighted by Gasteiger charge is -2.34. The maximum atomic E-state index is 13.3. The fraction of sp³-hybridized carbons (Fsp3) is 0.348. The summed E-state index contributed by atoms with van der Waals surface area (Å²) in [5.41, 5.74) is 1.91. The van der Waals surface area contributed by atoms with E-state index in [0.29, 0.717) is 35.1 Å². The Kier molecular flexibility index (Phi) is 6.36. The molecule has 0 bridgehead atoms. The summed E-state index contributed by atoms with van der Waals surface area (Å²) in [5.74, 6) is -0.528. The highest BCUT2D eigenvalue weighted by Crippen LogP contribution is 2.36. The van der Waals surface area contributed by atoms with Gasteiger partial charge in [-0.05, 0) is 23.7 Å². The van der Waals surface area contributed by atoms with Gasteiger partial charge in [-0.2, -0.15) is 0 Å². The molecule has 172 valence electrons. The molecule has 1 fully saturated rings. The summed E-state index contributed by atoms with van der Waals surface area (Å²) in [6.45, 7) is 5.91. The van der Waals surface area contributed by atoms with Crippen LogP contribution < -0.4 is 0 Å². The fourth-order valence-corrected chi connectivity index (χ4v) is 4.41. The number of benzene rings is 2. The summed E-state index contributed by atoms with van der Waals surface area (Å²) in [5, 5.41) is 23.3. The molecule has 1 atom stereocenters. The van der Waals surface area contributed by atoms with Crippen LogP contribution in [-0.4, -0.2) is 63.3 Å². The maximum Gasteiger partial charge on any atom is 0.270 e. The van der Waals surface area contributed by atoms with Gasteiger partial charge in [-0.3, -0.25) is 25.0 Å². The lowest BCUT2D eigenvalue weighted by molar-refractivity contribution is -0.385. The van der Waals surface area contributed by atoms with E-state index in [1.165, 1.54) is 24.3 Å². The largest absolute Gasteiger partial charge is 0.361 e. The minimum absolute atomic E-state index is 0.0398. The van der Waals surface area contributed by atoms with Crippen LogP contribution in [0.4, 0.5) is 11.4 Å². The number of hydrogen-bond acceptors (Lipinski definition) is 6. The van der Waals surface area contributed by atoms with Gasteiger partial charge in [0.05, 0.1) is 9.85 Å². The van der Waals surface area contributed by atoms with Crippen molar-refractivity contribution in [3.8, 4) is 0 Å². The van der Waals surface area contributed by atoms with Crippen LogP contribution in [0.1, 0.15) is 30.4 Å². The zero-order chi connectivity index (χ0) is 23.5. The molecule has 1 N–H and O–H groups in total. The minimum atomic E-state index is -0.489. The van der Waals surface area contributed by atoms with Gasteiger partial charge in [0, 0.05) is 79.9 Å². The van der Waals surface area contributed by atoms with E-state index in [2.05, 4.69) is 16.8 Å². The Balaban J connectivity index is 1.72. The van der Waals surface area contributed by atoms with Crippen LogP contribution in [0.25, 0.3) is 10.9 Å². The number of likely N-dealkylation sites (N-methyl/N-ethyl adjacent to an activating group) is 1. The second-order valence-corrected chi connectivity index (χ2v) is 8.15. The molecule has 33 heavy (non-hydrogen) atoms. The van der Waals surface area contributed by atoms with Crippen LogP contribution in [0, 0.1) is 20.2 Å². The number of amides is 1. The van der Waals surface area contributed by atoms with Crippen molar-refractivity contribution < 1.29 is 14.6 Å². The number of nitrogens with one attached hydrogen (secondary N) is 1. The highest BCUT2D eigenvalue weighted by atomic mass is 16.6. The highest BCUT2D eigenvalue weighted by Gasteiger charge is 2.28. The van der Waals surface area contributed by atoms with Crippen molar-refractivity contribution in [2.24, 2.45) is 0 Å². The van der Waals surface area contributed by atoms with Crippen molar-refractivity contribution in [2.45, 2.75) is 19.3 Å². The maximum absolute atomic E-state index is 13.3. The van der Waals surface area contributed by atoms with Crippen LogP contribution in [0.5, 0.6) is 0 Å². The Morgan fingerprint density at radius 1 is 1.03 bits per heavy atom. The van der Waals surface area contributed by atoms with E-state index in [0.717, 1.165) is 19.6 Å². The van der Waals surface area contributed by atoms with E-state index < -0.39 is 15.8 Å². The molecular formula is C23H25N5O5. The van der Waals surface area contributed by atoms with E-state index in [1.807, 2.05) is 4.90 Å². The molecule has 0 unspecified atom stereocenters. The number of hydrogen-bond donors (Lipinski definition) is 1. The van der Waals surface area contributed by atoms with Crippen LogP contribution in [0.2, 0.25) is 0 Å². The summed E-state index contributed by atoms with van der Waals surface area (Å²) in [7, 11) is 0. The number of H-pyrrole nitrogens is 1. The average molecular weight is 451 g/mol. The van der Waals surface area contributed by atoms with Crippen molar-refractivity contribution in [2.75, 3.05) is 32.7 Å². The number of nitrogens with zero attached hydrogens (tertiary/aromatic N) is 4. The number of carbonyl (C=O) groups is 1. The Morgan fingerprint density at radius 3 is 2.39 bits per heavy atom. The zero-order valence-electron chi connectivity index (χ0n) is 18.3. The Labute approximate surface area is 190 Å². The smallest absolute Gasteiger partial charge is 0.270 e. The van der Waals surface area contributed by atoms with Gasteiger partial charge in [-0.15, -0.1) is 0 Å². The van der Waals surface area contributed by atoms with E-state index in [9.17, 15) is 25.0 Å². The van der Waals surface area contributed by atoms with Gasteiger partial charge in [0.25, 0.3) is 11.4 Å². The molecule has 10 heteroatoms. The molecule has 0 saturated carbocycles. The fourth-order valence-electron chi connectivity index (χ4n) is 4.41. The first kappa shape index (κ1) is 22.4. The molecule has 0 radical (unpaired) electrons. The Bertz CT molecular complexity index is 1200. The monoisotopic (exact) mass is 451 g/mol. The van der Waals surface area contributed by atoms with Crippen LogP contribution in [-0.2, 0) is 4.79 Å². The summed E-state index contributed by atoms with van der Waals surface area (Å²) < 4.78 is 0. The van der Waals surface area contributed by atoms with E-state index in [-0.39, 0.29) is 23.7 Å². The average Bonchev–Trinajstić information content (AvgIpc) is 3.25. The lowest BCUT2D eigenvalue weighted by Crippen LogP contribution is -2.48. The second kappa shape index (κ2) is 9.37. The van der Waals surface area contributed by atoms with Gasteiger partial charge in [-0.25, -0.2) is 0 Å². The molecule has 2 aromatic carbocycles. The molecule has 10 nitrogen and oxygen atoms in total. The summed E-state index contributed by atoms with van der Waals surface area (Å²) in [6.07, 6.45) is 1.85. The first-order chi connectivity index (χ1) is 15.9. The SMILES string of the molecule is CCN1CCN(C(=O)C[C@H](c2cccc([N+](=O)[O-])c2)c2c[nH]c3ccc([N+](=O)[O-])cc23)CC1. The third-order valence-electron chi connectivity index (χ3n) is 6.32. The van der Waals surface area contributed by atoms with Gasteiger partial charge in [0.1, 0.15) is 0 Å². The number of carbonyl (C=O) groups excluding carboxylic acids is 1. The number of non-ortho nitro benzene ring substituents is 2. The molecular weight excluding hydrogens is 426 g/mol. The van der Waals surface area contributed by atoms with Gasteiger partial charge in [0.2, 0.25) is 5.91 Å². The molecule has 1 aliphatic rings. The molecule has 0 aliphatic carbocycles. The van der Waals surface area contributed by atoms with Crippen LogP contribution >= 0.6 is 0 Å². The van der Waals surface area contributed by atoms with Crippen LogP contribution in [0.15, 0.2) is 48.7 Å². The normalized spacial score (nSPS) is 15.5. The number of nitro groups is 2. The topological polar surface area (TPSA) is 126 Å². The summed E-state index contributed by atoms with van der Waals surface area (Å²) >= 11 is 0. The molecule has 1 aliphatic heterocycles. The number of piperazine rings is 1. The van der Waals surface area contributed by atoms with Crippen molar-refractivity contribution >= 4 is 28.2 Å². The van der Waals surface area contributed by atoms with E-state index in [1.54, 1.807) is 24.4 Å². The molecule has 1 saturated heterocycles. The predicted molar refractivity (Wildman–Crippen MR) is 123 cm³/mol. The van der Waals surface area contributed by atoms with Gasteiger partial charge in [0.15, 0.2) is 0 Å². The predicted octanol–water partition coefficient (Wildman–Crippen LogP) is 3.67. The van der Waals surface area contributed by atoms with Gasteiger partial charge in [-0.1, -0.05) is 19.1 Å². The highest BCUT2D eigenvalue weighted by molar-refractivity contribution is 5.88. The van der Waals surface area contributed by atoms with E-state index >= 15 is 0 Å². The number of aromatic amines is 1.